The van der Waals surface area contributed by atoms with Crippen LogP contribution in [0.1, 0.15) is 43.3 Å². The van der Waals surface area contributed by atoms with E-state index >= 15 is 0 Å². The number of thiazole rings is 1. The van der Waals surface area contributed by atoms with Gasteiger partial charge in [-0.2, -0.15) is 0 Å². The van der Waals surface area contributed by atoms with Gasteiger partial charge < -0.3 is 5.32 Å². The van der Waals surface area contributed by atoms with Gasteiger partial charge in [0.2, 0.25) is 0 Å². The highest BCUT2D eigenvalue weighted by Gasteiger charge is 2.31. The van der Waals surface area contributed by atoms with Crippen molar-refractivity contribution in [3.8, 4) is 0 Å². The molecule has 0 saturated heterocycles. The Morgan fingerprint density at radius 1 is 1.47 bits per heavy atom. The fraction of sp³-hybridized carbons (Fsp3) is 0.615. The van der Waals surface area contributed by atoms with Gasteiger partial charge in [-0.25, -0.2) is 4.98 Å². The molecule has 1 N–H and O–H groups in total. The molecule has 0 atom stereocenters. The summed E-state index contributed by atoms with van der Waals surface area (Å²) in [6, 6.07) is 0. The minimum Gasteiger partial charge on any atom is -0.306 e. The number of nitrogens with zero attached hydrogens (tertiary/aromatic N) is 2. The lowest BCUT2D eigenvalue weighted by Gasteiger charge is -2.39. The van der Waals surface area contributed by atoms with Crippen molar-refractivity contribution in [2.24, 2.45) is 0 Å². The Labute approximate surface area is 106 Å². The van der Waals surface area contributed by atoms with Gasteiger partial charge in [-0.05, 0) is 40.0 Å². The van der Waals surface area contributed by atoms with Crippen LogP contribution >= 0.6 is 11.3 Å². The first-order chi connectivity index (χ1) is 8.09. The van der Waals surface area contributed by atoms with Crippen LogP contribution in [0, 0.1) is 13.8 Å². The van der Waals surface area contributed by atoms with Crippen LogP contribution in [0.3, 0.4) is 0 Å². The predicted molar refractivity (Wildman–Crippen MR) is 71.6 cm³/mol. The van der Waals surface area contributed by atoms with Crippen molar-refractivity contribution in [2.45, 2.75) is 52.1 Å². The second-order valence-electron chi connectivity index (χ2n) is 5.41. The first-order valence-electron chi connectivity index (χ1n) is 6.26. The van der Waals surface area contributed by atoms with E-state index in [1.54, 1.807) is 11.3 Å². The van der Waals surface area contributed by atoms with E-state index in [1.807, 2.05) is 0 Å². The van der Waals surface area contributed by atoms with E-state index in [1.165, 1.54) is 30.7 Å². The summed E-state index contributed by atoms with van der Waals surface area (Å²) in [4.78, 5) is 5.74. The van der Waals surface area contributed by atoms with Gasteiger partial charge in [0.25, 0.3) is 0 Å². The van der Waals surface area contributed by atoms with E-state index < -0.39 is 0 Å². The molecule has 1 aliphatic rings. The van der Waals surface area contributed by atoms with Gasteiger partial charge in [-0.1, -0.05) is 0 Å². The fourth-order valence-corrected chi connectivity index (χ4v) is 3.49. The first-order valence-corrected chi connectivity index (χ1v) is 7.14. The summed E-state index contributed by atoms with van der Waals surface area (Å²) in [7, 11) is 0. The van der Waals surface area contributed by atoms with E-state index in [4.69, 9.17) is 0 Å². The third-order valence-electron chi connectivity index (χ3n) is 3.97. The van der Waals surface area contributed by atoms with Crippen LogP contribution in [0.15, 0.2) is 5.38 Å². The van der Waals surface area contributed by atoms with Crippen LogP contribution in [-0.2, 0) is 6.54 Å². The summed E-state index contributed by atoms with van der Waals surface area (Å²) in [5.74, 6) is 0. The molecule has 3 rings (SSSR count). The molecule has 0 amide bonds. The maximum absolute atomic E-state index is 4.62. The van der Waals surface area contributed by atoms with E-state index in [-0.39, 0.29) is 0 Å². The Balaban J connectivity index is 1.88. The lowest BCUT2D eigenvalue weighted by Crippen LogP contribution is -2.47. The Morgan fingerprint density at radius 2 is 2.24 bits per heavy atom. The molecule has 0 radical (unpaired) electrons. The summed E-state index contributed by atoms with van der Waals surface area (Å²) in [6.45, 7) is 7.52. The minimum absolute atomic E-state index is 0.362. The Hall–Kier alpha value is -0.870. The minimum atomic E-state index is 0.362. The van der Waals surface area contributed by atoms with E-state index in [0.717, 1.165) is 17.2 Å². The molecule has 0 bridgehead atoms. The van der Waals surface area contributed by atoms with Crippen molar-refractivity contribution in [2.75, 3.05) is 0 Å². The van der Waals surface area contributed by atoms with Crippen LogP contribution in [-0.4, -0.2) is 14.9 Å². The highest BCUT2D eigenvalue weighted by atomic mass is 32.1. The molecular weight excluding hydrogens is 230 g/mol. The quantitative estimate of drug-likeness (QED) is 0.906. The monoisotopic (exact) mass is 249 g/mol. The molecule has 17 heavy (non-hydrogen) atoms. The summed E-state index contributed by atoms with van der Waals surface area (Å²) in [5, 5.41) is 5.87. The van der Waals surface area contributed by atoms with Crippen LogP contribution in [0.2, 0.25) is 0 Å². The molecule has 0 aliphatic heterocycles. The average Bonchev–Trinajstić information content (AvgIpc) is 2.74. The maximum Gasteiger partial charge on any atom is 0.194 e. The molecular formula is C13H19N3S. The Morgan fingerprint density at radius 3 is 2.88 bits per heavy atom. The summed E-state index contributed by atoms with van der Waals surface area (Å²) < 4.78 is 2.29. The Bertz CT molecular complexity index is 548. The average molecular weight is 249 g/mol. The SMILES string of the molecule is Cc1nc2scc(C)n2c1CNC1(C)CCC1. The predicted octanol–water partition coefficient (Wildman–Crippen LogP) is 3.04. The van der Waals surface area contributed by atoms with Crippen molar-refractivity contribution in [3.63, 3.8) is 0 Å². The normalized spacial score (nSPS) is 18.5. The second-order valence-corrected chi connectivity index (χ2v) is 6.24. The van der Waals surface area contributed by atoms with Gasteiger partial charge >= 0.3 is 0 Å². The van der Waals surface area contributed by atoms with Gasteiger partial charge in [0.05, 0.1) is 11.4 Å². The molecule has 3 nitrogen and oxygen atoms in total. The lowest BCUT2D eigenvalue weighted by atomic mass is 9.78. The van der Waals surface area contributed by atoms with Gasteiger partial charge in [0.1, 0.15) is 0 Å². The molecule has 0 unspecified atom stereocenters. The molecule has 1 saturated carbocycles. The largest absolute Gasteiger partial charge is 0.306 e. The molecule has 2 aromatic heterocycles. The molecule has 4 heteroatoms. The van der Waals surface area contributed by atoms with Crippen molar-refractivity contribution in [1.82, 2.24) is 14.7 Å². The third kappa shape index (κ3) is 1.79. The zero-order valence-electron chi connectivity index (χ0n) is 10.7. The molecule has 2 heterocycles. The first kappa shape index (κ1) is 11.2. The van der Waals surface area contributed by atoms with E-state index in [2.05, 4.69) is 40.9 Å². The van der Waals surface area contributed by atoms with Crippen LogP contribution in [0.5, 0.6) is 0 Å². The molecule has 1 fully saturated rings. The second kappa shape index (κ2) is 3.82. The van der Waals surface area contributed by atoms with Crippen molar-refractivity contribution in [1.29, 1.82) is 0 Å². The summed E-state index contributed by atoms with van der Waals surface area (Å²) in [6.07, 6.45) is 3.97. The van der Waals surface area contributed by atoms with E-state index in [0.29, 0.717) is 5.54 Å². The highest BCUT2D eigenvalue weighted by molar-refractivity contribution is 7.15. The van der Waals surface area contributed by atoms with Crippen molar-refractivity contribution >= 4 is 16.3 Å². The number of aryl methyl sites for hydroxylation is 2. The molecule has 0 spiro atoms. The van der Waals surface area contributed by atoms with E-state index in [9.17, 15) is 0 Å². The number of rotatable bonds is 3. The number of hydrogen-bond acceptors (Lipinski definition) is 3. The molecule has 2 aromatic rings. The number of hydrogen-bond donors (Lipinski definition) is 1. The van der Waals surface area contributed by atoms with Crippen LogP contribution in [0.4, 0.5) is 0 Å². The summed E-state index contributed by atoms with van der Waals surface area (Å²) in [5.41, 5.74) is 4.14. The third-order valence-corrected chi connectivity index (χ3v) is 4.91. The van der Waals surface area contributed by atoms with Crippen LogP contribution < -0.4 is 5.32 Å². The maximum atomic E-state index is 4.62. The molecule has 1 aliphatic carbocycles. The highest BCUT2D eigenvalue weighted by Crippen LogP contribution is 2.31. The van der Waals surface area contributed by atoms with Crippen molar-refractivity contribution in [3.05, 3.63) is 22.5 Å². The molecule has 92 valence electrons. The molecule has 0 aromatic carbocycles. The van der Waals surface area contributed by atoms with Crippen molar-refractivity contribution < 1.29 is 0 Å². The van der Waals surface area contributed by atoms with Gasteiger partial charge in [0, 0.05) is 23.2 Å². The number of fused-ring (bicyclic) bond motifs is 1. The standard InChI is InChI=1S/C13H19N3S/c1-9-8-17-12-15-10(2)11(16(9)12)7-14-13(3)5-4-6-13/h8,14H,4-7H2,1-3H3. The van der Waals surface area contributed by atoms with Gasteiger partial charge in [0.15, 0.2) is 4.96 Å². The smallest absolute Gasteiger partial charge is 0.194 e. The summed E-state index contributed by atoms with van der Waals surface area (Å²) >= 11 is 1.73. The Kier molecular flexibility index (Phi) is 2.52. The number of aromatic nitrogens is 2. The van der Waals surface area contributed by atoms with Gasteiger partial charge in [-0.3, -0.25) is 4.40 Å². The number of nitrogens with one attached hydrogen (secondary N) is 1. The van der Waals surface area contributed by atoms with Gasteiger partial charge in [-0.15, -0.1) is 11.3 Å². The zero-order valence-corrected chi connectivity index (χ0v) is 11.5. The lowest BCUT2D eigenvalue weighted by molar-refractivity contribution is 0.205. The topological polar surface area (TPSA) is 29.3 Å². The fourth-order valence-electron chi connectivity index (χ4n) is 2.56. The number of imidazole rings is 1. The van der Waals surface area contributed by atoms with Crippen LogP contribution in [0.25, 0.3) is 4.96 Å². The zero-order chi connectivity index (χ0) is 12.0.